The Labute approximate surface area is 110 Å². The van der Waals surface area contributed by atoms with Crippen molar-refractivity contribution in [2.24, 2.45) is 0 Å². The van der Waals surface area contributed by atoms with Crippen LogP contribution in [0.5, 0.6) is 5.75 Å². The molecule has 0 fully saturated rings. The first kappa shape index (κ1) is 13.3. The Bertz CT molecular complexity index is 580. The highest BCUT2D eigenvalue weighted by Gasteiger charge is 2.14. The van der Waals surface area contributed by atoms with Gasteiger partial charge in [0, 0.05) is 0 Å². The van der Waals surface area contributed by atoms with E-state index in [0.717, 1.165) is 0 Å². The van der Waals surface area contributed by atoms with Crippen molar-refractivity contribution < 1.29 is 13.9 Å². The third-order valence-electron chi connectivity index (χ3n) is 2.73. The van der Waals surface area contributed by atoms with E-state index in [1.807, 2.05) is 6.92 Å². The first-order chi connectivity index (χ1) is 9.10. The van der Waals surface area contributed by atoms with Gasteiger partial charge in [-0.05, 0) is 31.5 Å². The number of carbonyl (C=O) groups is 1. The lowest BCUT2D eigenvalue weighted by atomic mass is 10.2. The number of nitrogens with zero attached hydrogens (tertiary/aromatic N) is 2. The molecule has 1 aromatic heterocycles. The Hall–Kier alpha value is -2.17. The average Bonchev–Trinajstić information content (AvgIpc) is 2.84. The van der Waals surface area contributed by atoms with Crippen molar-refractivity contribution in [2.75, 3.05) is 0 Å². The smallest absolute Gasteiger partial charge is 0.170 e. The maximum Gasteiger partial charge on any atom is 0.170 e. The minimum absolute atomic E-state index is 0.0268. The van der Waals surface area contributed by atoms with Crippen LogP contribution >= 0.6 is 0 Å². The number of Topliss-reactive ketones (excluding diaryl/α,β-unsaturated/α-hetero) is 1. The lowest BCUT2D eigenvalue weighted by molar-refractivity contribution is -0.123. The van der Waals surface area contributed by atoms with Gasteiger partial charge in [0.1, 0.15) is 5.82 Å². The minimum atomic E-state index is -0.467. The summed E-state index contributed by atoms with van der Waals surface area (Å²) < 4.78 is 20.1. The SMILES string of the molecule is CCC(Oc1cnn(-c2cccc(F)c2)c1)C(C)=O. The van der Waals surface area contributed by atoms with E-state index in [0.29, 0.717) is 17.9 Å². The predicted molar refractivity (Wildman–Crippen MR) is 68.9 cm³/mol. The van der Waals surface area contributed by atoms with Crippen molar-refractivity contribution >= 4 is 5.78 Å². The maximum atomic E-state index is 13.1. The number of hydrogen-bond acceptors (Lipinski definition) is 3. The molecule has 2 rings (SSSR count). The molecule has 5 heteroatoms. The van der Waals surface area contributed by atoms with Crippen LogP contribution in [-0.2, 0) is 4.79 Å². The first-order valence-electron chi connectivity index (χ1n) is 6.08. The number of rotatable bonds is 5. The van der Waals surface area contributed by atoms with Gasteiger partial charge in [0.25, 0.3) is 0 Å². The van der Waals surface area contributed by atoms with E-state index in [1.54, 1.807) is 18.3 Å². The van der Waals surface area contributed by atoms with Gasteiger partial charge in [-0.2, -0.15) is 5.10 Å². The molecule has 100 valence electrons. The molecule has 0 radical (unpaired) electrons. The fraction of sp³-hybridized carbons (Fsp3) is 0.286. The summed E-state index contributed by atoms with van der Waals surface area (Å²) in [5, 5.41) is 4.09. The van der Waals surface area contributed by atoms with Crippen LogP contribution in [0.2, 0.25) is 0 Å². The second kappa shape index (κ2) is 5.65. The monoisotopic (exact) mass is 262 g/mol. The van der Waals surface area contributed by atoms with E-state index in [4.69, 9.17) is 4.74 Å². The van der Waals surface area contributed by atoms with Gasteiger partial charge >= 0.3 is 0 Å². The largest absolute Gasteiger partial charge is 0.479 e. The molecule has 1 aromatic carbocycles. The van der Waals surface area contributed by atoms with E-state index < -0.39 is 6.10 Å². The van der Waals surface area contributed by atoms with E-state index in [1.165, 1.54) is 29.9 Å². The lowest BCUT2D eigenvalue weighted by Gasteiger charge is -2.12. The number of hydrogen-bond donors (Lipinski definition) is 0. The molecule has 0 saturated heterocycles. The fourth-order valence-corrected chi connectivity index (χ4v) is 1.75. The number of ketones is 1. The Morgan fingerprint density at radius 2 is 2.32 bits per heavy atom. The molecule has 0 spiro atoms. The number of benzene rings is 1. The predicted octanol–water partition coefficient (Wildman–Crippen LogP) is 2.76. The summed E-state index contributed by atoms with van der Waals surface area (Å²) in [7, 11) is 0. The van der Waals surface area contributed by atoms with Crippen LogP contribution in [0.1, 0.15) is 20.3 Å². The van der Waals surface area contributed by atoms with Crippen LogP contribution < -0.4 is 4.74 Å². The molecule has 0 bridgehead atoms. The van der Waals surface area contributed by atoms with Gasteiger partial charge in [0.05, 0.1) is 18.1 Å². The Morgan fingerprint density at radius 3 is 2.95 bits per heavy atom. The zero-order valence-electron chi connectivity index (χ0n) is 10.8. The van der Waals surface area contributed by atoms with Gasteiger partial charge in [0.15, 0.2) is 17.6 Å². The standard InChI is InChI=1S/C14H15FN2O2/c1-3-14(10(2)18)19-13-8-16-17(9-13)12-6-4-5-11(15)7-12/h4-9,14H,3H2,1-2H3. The van der Waals surface area contributed by atoms with Crippen molar-refractivity contribution in [1.82, 2.24) is 9.78 Å². The molecule has 2 aromatic rings. The summed E-state index contributed by atoms with van der Waals surface area (Å²) in [6.45, 7) is 3.37. The molecule has 0 aliphatic carbocycles. The zero-order valence-corrected chi connectivity index (χ0v) is 10.8. The average molecular weight is 262 g/mol. The van der Waals surface area contributed by atoms with E-state index >= 15 is 0 Å². The highest BCUT2D eigenvalue weighted by molar-refractivity contribution is 5.80. The molecule has 1 atom stereocenters. The van der Waals surface area contributed by atoms with Gasteiger partial charge in [0.2, 0.25) is 0 Å². The van der Waals surface area contributed by atoms with Crippen molar-refractivity contribution in [1.29, 1.82) is 0 Å². The first-order valence-corrected chi connectivity index (χ1v) is 6.08. The number of halogens is 1. The molecule has 0 N–H and O–H groups in total. The summed E-state index contributed by atoms with van der Waals surface area (Å²) in [6.07, 6.45) is 3.27. The highest BCUT2D eigenvalue weighted by Crippen LogP contribution is 2.16. The summed E-state index contributed by atoms with van der Waals surface area (Å²) in [5.41, 5.74) is 0.603. The second-order valence-electron chi connectivity index (χ2n) is 4.23. The van der Waals surface area contributed by atoms with Crippen LogP contribution in [0, 0.1) is 5.82 Å². The third-order valence-corrected chi connectivity index (χ3v) is 2.73. The summed E-state index contributed by atoms with van der Waals surface area (Å²) >= 11 is 0. The van der Waals surface area contributed by atoms with Crippen molar-refractivity contribution in [3.63, 3.8) is 0 Å². The van der Waals surface area contributed by atoms with Crippen LogP contribution in [0.3, 0.4) is 0 Å². The second-order valence-corrected chi connectivity index (χ2v) is 4.23. The van der Waals surface area contributed by atoms with Crippen molar-refractivity contribution in [3.8, 4) is 11.4 Å². The van der Waals surface area contributed by atoms with Gasteiger partial charge in [-0.25, -0.2) is 9.07 Å². The molecule has 0 saturated carbocycles. The molecule has 0 aliphatic rings. The van der Waals surface area contributed by atoms with E-state index in [-0.39, 0.29) is 11.6 Å². The minimum Gasteiger partial charge on any atom is -0.479 e. The quantitative estimate of drug-likeness (QED) is 0.832. The normalized spacial score (nSPS) is 12.2. The molecule has 19 heavy (non-hydrogen) atoms. The Balaban J connectivity index is 2.17. The van der Waals surface area contributed by atoms with Gasteiger partial charge < -0.3 is 4.74 Å². The van der Waals surface area contributed by atoms with Gasteiger partial charge in [-0.15, -0.1) is 0 Å². The summed E-state index contributed by atoms with van der Waals surface area (Å²) in [5.74, 6) is 0.137. The lowest BCUT2D eigenvalue weighted by Crippen LogP contribution is -2.23. The van der Waals surface area contributed by atoms with Crippen molar-refractivity contribution in [2.45, 2.75) is 26.4 Å². The summed E-state index contributed by atoms with van der Waals surface area (Å²) in [6, 6.07) is 6.09. The molecule has 1 unspecified atom stereocenters. The molecule has 0 amide bonds. The highest BCUT2D eigenvalue weighted by atomic mass is 19.1. The number of carbonyl (C=O) groups excluding carboxylic acids is 1. The van der Waals surface area contributed by atoms with Crippen LogP contribution in [0.4, 0.5) is 4.39 Å². The molecule has 1 heterocycles. The van der Waals surface area contributed by atoms with Crippen molar-refractivity contribution in [3.05, 3.63) is 42.5 Å². The van der Waals surface area contributed by atoms with Crippen LogP contribution in [0.25, 0.3) is 5.69 Å². The Morgan fingerprint density at radius 1 is 1.53 bits per heavy atom. The molecule has 4 nitrogen and oxygen atoms in total. The molecular weight excluding hydrogens is 247 g/mol. The molecule has 0 aliphatic heterocycles. The fourth-order valence-electron chi connectivity index (χ4n) is 1.75. The Kier molecular flexibility index (Phi) is 3.94. The van der Waals surface area contributed by atoms with Crippen LogP contribution in [-0.4, -0.2) is 21.7 Å². The van der Waals surface area contributed by atoms with E-state index in [2.05, 4.69) is 5.10 Å². The third kappa shape index (κ3) is 3.19. The topological polar surface area (TPSA) is 44.1 Å². The van der Waals surface area contributed by atoms with Gasteiger partial charge in [-0.3, -0.25) is 4.79 Å². The zero-order chi connectivity index (χ0) is 13.8. The van der Waals surface area contributed by atoms with E-state index in [9.17, 15) is 9.18 Å². The maximum absolute atomic E-state index is 13.1. The summed E-state index contributed by atoms with van der Waals surface area (Å²) in [4.78, 5) is 11.3. The van der Waals surface area contributed by atoms with Crippen LogP contribution in [0.15, 0.2) is 36.7 Å². The number of ether oxygens (including phenoxy) is 1. The van der Waals surface area contributed by atoms with Gasteiger partial charge in [-0.1, -0.05) is 13.0 Å². The molecular formula is C14H15FN2O2. The number of aromatic nitrogens is 2.